The first-order chi connectivity index (χ1) is 15.5. The Bertz CT molecular complexity index is 1220. The van der Waals surface area contributed by atoms with Crippen molar-refractivity contribution in [3.8, 4) is 11.5 Å². The number of carbonyl (C=O) groups excluding carboxylic acids is 1. The first-order valence-electron chi connectivity index (χ1n) is 9.95. The Kier molecular flexibility index (Phi) is 6.93. The molecule has 4 rings (SSSR count). The second kappa shape index (κ2) is 10.0. The van der Waals surface area contributed by atoms with E-state index in [1.165, 1.54) is 0 Å². The molecule has 0 fully saturated rings. The lowest BCUT2D eigenvalue weighted by Gasteiger charge is -2.13. The number of hydrogen-bond donors (Lipinski definition) is 0. The molecule has 1 aliphatic rings. The van der Waals surface area contributed by atoms with Crippen LogP contribution in [0.15, 0.2) is 81.9 Å². The zero-order valence-corrected chi connectivity index (χ0v) is 19.5. The van der Waals surface area contributed by atoms with Gasteiger partial charge in [-0.1, -0.05) is 57.9 Å². The van der Waals surface area contributed by atoms with Gasteiger partial charge in [0.15, 0.2) is 17.2 Å². The first kappa shape index (κ1) is 22.1. The lowest BCUT2D eigenvalue weighted by atomic mass is 10.1. The molecule has 3 aromatic carbocycles. The van der Waals surface area contributed by atoms with E-state index >= 15 is 0 Å². The Morgan fingerprint density at radius 3 is 2.66 bits per heavy atom. The maximum atomic E-state index is 12.3. The molecular weight excluding hydrogens is 494 g/mol. The smallest absolute Gasteiger partial charge is 0.363 e. The Balaban J connectivity index is 1.57. The van der Waals surface area contributed by atoms with Crippen LogP contribution in [0.25, 0.3) is 6.08 Å². The normalized spacial score (nSPS) is 14.3. The van der Waals surface area contributed by atoms with Crippen LogP contribution < -0.4 is 9.47 Å². The molecule has 0 N–H and O–H groups in total. The maximum absolute atomic E-state index is 12.3. The summed E-state index contributed by atoms with van der Waals surface area (Å²) in [5.41, 5.74) is 2.55. The minimum Gasteiger partial charge on any atom is -0.490 e. The molecular formula is C25H19BrClNO4. The van der Waals surface area contributed by atoms with Crippen LogP contribution in [0.3, 0.4) is 0 Å². The molecule has 0 bridgehead atoms. The van der Waals surface area contributed by atoms with Crippen LogP contribution in [-0.2, 0) is 16.1 Å². The molecule has 0 aliphatic carbocycles. The van der Waals surface area contributed by atoms with Gasteiger partial charge < -0.3 is 14.2 Å². The predicted octanol–water partition coefficient (Wildman–Crippen LogP) is 6.42. The third-order valence-corrected chi connectivity index (χ3v) is 5.47. The van der Waals surface area contributed by atoms with E-state index in [4.69, 9.17) is 25.8 Å². The van der Waals surface area contributed by atoms with E-state index in [2.05, 4.69) is 20.9 Å². The summed E-state index contributed by atoms with van der Waals surface area (Å²) in [5, 5.41) is 0.644. The number of benzene rings is 3. The van der Waals surface area contributed by atoms with Crippen LogP contribution in [0.4, 0.5) is 0 Å². The fraction of sp³-hybridized carbons (Fsp3) is 0.120. The van der Waals surface area contributed by atoms with Crippen molar-refractivity contribution in [3.05, 3.63) is 98.6 Å². The average molecular weight is 513 g/mol. The van der Waals surface area contributed by atoms with Crippen LogP contribution in [0, 0.1) is 0 Å². The third kappa shape index (κ3) is 5.21. The van der Waals surface area contributed by atoms with Gasteiger partial charge in [-0.3, -0.25) is 0 Å². The van der Waals surface area contributed by atoms with E-state index in [1.807, 2.05) is 61.5 Å². The predicted molar refractivity (Wildman–Crippen MR) is 128 cm³/mol. The summed E-state index contributed by atoms with van der Waals surface area (Å²) >= 11 is 9.62. The van der Waals surface area contributed by atoms with Crippen molar-refractivity contribution in [3.63, 3.8) is 0 Å². The highest BCUT2D eigenvalue weighted by molar-refractivity contribution is 9.10. The van der Waals surface area contributed by atoms with Gasteiger partial charge in [0.1, 0.15) is 6.61 Å². The summed E-state index contributed by atoms with van der Waals surface area (Å²) in [5.74, 6) is 0.918. The zero-order chi connectivity index (χ0) is 22.5. The Labute approximate surface area is 199 Å². The van der Waals surface area contributed by atoms with Crippen molar-refractivity contribution >= 4 is 45.5 Å². The van der Waals surface area contributed by atoms with Gasteiger partial charge >= 0.3 is 5.97 Å². The topological polar surface area (TPSA) is 57.1 Å². The minimum atomic E-state index is -0.503. The number of hydrogen-bond acceptors (Lipinski definition) is 5. The molecule has 5 nitrogen and oxygen atoms in total. The molecule has 0 aromatic heterocycles. The Morgan fingerprint density at radius 1 is 1.03 bits per heavy atom. The van der Waals surface area contributed by atoms with E-state index in [0.717, 1.165) is 21.2 Å². The van der Waals surface area contributed by atoms with Crippen LogP contribution in [0.1, 0.15) is 23.6 Å². The zero-order valence-electron chi connectivity index (χ0n) is 17.2. The number of rotatable bonds is 7. The van der Waals surface area contributed by atoms with Gasteiger partial charge in [0, 0.05) is 20.6 Å². The average Bonchev–Trinajstić information content (AvgIpc) is 3.15. The van der Waals surface area contributed by atoms with E-state index in [1.54, 1.807) is 18.2 Å². The number of halogens is 2. The standard InChI is InChI=1S/C25H19BrClNO4/c1-2-30-23-13-16(10-11-22(23)31-15-18-6-3-4-9-20(18)27)12-21-25(29)32-24(28-21)17-7-5-8-19(26)14-17/h3-14H,2,15H2,1H3. The quantitative estimate of drug-likeness (QED) is 0.271. The summed E-state index contributed by atoms with van der Waals surface area (Å²) in [6.45, 7) is 2.67. The molecule has 0 spiro atoms. The maximum Gasteiger partial charge on any atom is 0.363 e. The van der Waals surface area contributed by atoms with E-state index in [-0.39, 0.29) is 11.6 Å². The molecule has 162 valence electrons. The number of carbonyl (C=O) groups is 1. The molecule has 32 heavy (non-hydrogen) atoms. The van der Waals surface area contributed by atoms with Crippen molar-refractivity contribution < 1.29 is 19.0 Å². The molecule has 3 aromatic rings. The fourth-order valence-corrected chi connectivity index (χ4v) is 3.67. The van der Waals surface area contributed by atoms with E-state index in [9.17, 15) is 4.79 Å². The van der Waals surface area contributed by atoms with Crippen molar-refractivity contribution in [2.75, 3.05) is 6.61 Å². The SMILES string of the molecule is CCOc1cc(C=C2N=C(c3cccc(Br)c3)OC2=O)ccc1OCc1ccccc1Cl. The summed E-state index contributed by atoms with van der Waals surface area (Å²) in [6.07, 6.45) is 1.66. The van der Waals surface area contributed by atoms with Gasteiger partial charge in [-0.15, -0.1) is 0 Å². The van der Waals surface area contributed by atoms with Gasteiger partial charge in [-0.05, 0) is 55.0 Å². The monoisotopic (exact) mass is 511 g/mol. The van der Waals surface area contributed by atoms with Gasteiger partial charge in [-0.2, -0.15) is 0 Å². The summed E-state index contributed by atoms with van der Waals surface area (Å²) in [7, 11) is 0. The van der Waals surface area contributed by atoms with Crippen LogP contribution >= 0.6 is 27.5 Å². The number of aliphatic imine (C=N–C) groups is 1. The molecule has 1 aliphatic heterocycles. The van der Waals surface area contributed by atoms with Crippen molar-refractivity contribution in [1.29, 1.82) is 0 Å². The second-order valence-electron chi connectivity index (χ2n) is 6.87. The van der Waals surface area contributed by atoms with Gasteiger partial charge in [0.2, 0.25) is 5.90 Å². The molecule has 0 amide bonds. The highest BCUT2D eigenvalue weighted by Gasteiger charge is 2.24. The van der Waals surface area contributed by atoms with Crippen LogP contribution in [0.5, 0.6) is 11.5 Å². The number of nitrogens with zero attached hydrogens (tertiary/aromatic N) is 1. The summed E-state index contributed by atoms with van der Waals surface area (Å²) in [6, 6.07) is 20.4. The molecule has 0 atom stereocenters. The highest BCUT2D eigenvalue weighted by atomic mass is 79.9. The molecule has 0 unspecified atom stereocenters. The van der Waals surface area contributed by atoms with Crippen LogP contribution in [0.2, 0.25) is 5.02 Å². The Hall–Kier alpha value is -3.09. The van der Waals surface area contributed by atoms with Crippen molar-refractivity contribution in [2.24, 2.45) is 4.99 Å². The largest absolute Gasteiger partial charge is 0.490 e. The second-order valence-corrected chi connectivity index (χ2v) is 8.19. The van der Waals surface area contributed by atoms with E-state index in [0.29, 0.717) is 29.7 Å². The lowest BCUT2D eigenvalue weighted by molar-refractivity contribution is -0.129. The molecule has 1 heterocycles. The number of ether oxygens (including phenoxy) is 3. The summed E-state index contributed by atoms with van der Waals surface area (Å²) < 4.78 is 17.9. The Morgan fingerprint density at radius 2 is 1.88 bits per heavy atom. The third-order valence-electron chi connectivity index (χ3n) is 4.60. The van der Waals surface area contributed by atoms with Gasteiger partial charge in [0.25, 0.3) is 0 Å². The molecule has 0 saturated heterocycles. The first-order valence-corrected chi connectivity index (χ1v) is 11.1. The highest BCUT2D eigenvalue weighted by Crippen LogP contribution is 2.31. The van der Waals surface area contributed by atoms with Gasteiger partial charge in [-0.25, -0.2) is 9.79 Å². The summed E-state index contributed by atoms with van der Waals surface area (Å²) in [4.78, 5) is 16.7. The van der Waals surface area contributed by atoms with Gasteiger partial charge in [0.05, 0.1) is 6.61 Å². The van der Waals surface area contributed by atoms with Crippen molar-refractivity contribution in [1.82, 2.24) is 0 Å². The fourth-order valence-electron chi connectivity index (χ4n) is 3.08. The van der Waals surface area contributed by atoms with Crippen molar-refractivity contribution in [2.45, 2.75) is 13.5 Å². The lowest BCUT2D eigenvalue weighted by Crippen LogP contribution is -2.05. The number of esters is 1. The van der Waals surface area contributed by atoms with Crippen LogP contribution in [-0.4, -0.2) is 18.5 Å². The molecule has 0 radical (unpaired) electrons. The minimum absolute atomic E-state index is 0.215. The number of cyclic esters (lactones) is 1. The van der Waals surface area contributed by atoms with E-state index < -0.39 is 5.97 Å². The molecule has 0 saturated carbocycles. The molecule has 7 heteroatoms.